The molecule has 0 aliphatic carbocycles. The number of allylic oxidation sites excluding steroid dienone is 8. The van der Waals surface area contributed by atoms with Crippen LogP contribution >= 0.6 is 0 Å². The van der Waals surface area contributed by atoms with Gasteiger partial charge in [-0.15, -0.1) is 0 Å². The van der Waals surface area contributed by atoms with Gasteiger partial charge < -0.3 is 5.32 Å². The lowest BCUT2D eigenvalue weighted by atomic mass is 9.99. The topological polar surface area (TPSA) is 29.1 Å². The van der Waals surface area contributed by atoms with E-state index in [0.717, 1.165) is 30.4 Å². The molecule has 0 atom stereocenters. The maximum absolute atomic E-state index is 14.5. The molecule has 2 nitrogen and oxygen atoms in total. The molecular weight excluding hydrogens is 432 g/mol. The molecule has 1 N–H and O–H groups in total. The third-order valence-electron chi connectivity index (χ3n) is 4.20. The summed E-state index contributed by atoms with van der Waals surface area (Å²) in [4.78, 5) is 12.1. The average molecular weight is 455 g/mol. The van der Waals surface area contributed by atoms with Gasteiger partial charge in [-0.3, -0.25) is 4.79 Å². The van der Waals surface area contributed by atoms with Crippen LogP contribution in [0.2, 0.25) is 0 Å². The summed E-state index contributed by atoms with van der Waals surface area (Å²) in [7, 11) is 0. The number of hydrogen-bond acceptors (Lipinski definition) is 1. The molecule has 0 unspecified atom stereocenters. The van der Waals surface area contributed by atoms with Gasteiger partial charge in [0.25, 0.3) is 0 Å². The van der Waals surface area contributed by atoms with E-state index in [1.807, 2.05) is 0 Å². The fourth-order valence-electron chi connectivity index (χ4n) is 2.55. The van der Waals surface area contributed by atoms with Crippen molar-refractivity contribution in [3.63, 3.8) is 0 Å². The second-order valence-corrected chi connectivity index (χ2v) is 6.70. The van der Waals surface area contributed by atoms with Gasteiger partial charge in [0.15, 0.2) is 0 Å². The van der Waals surface area contributed by atoms with E-state index in [1.54, 1.807) is 0 Å². The molecule has 32 heavy (non-hydrogen) atoms. The van der Waals surface area contributed by atoms with E-state index < -0.39 is 29.3 Å². The van der Waals surface area contributed by atoms with Gasteiger partial charge in [-0.1, -0.05) is 36.9 Å². The maximum Gasteiger partial charge on any atom is 0.416 e. The van der Waals surface area contributed by atoms with Crippen LogP contribution in [0.15, 0.2) is 96.1 Å². The number of amides is 1. The summed E-state index contributed by atoms with van der Waals surface area (Å²) >= 11 is 0. The van der Waals surface area contributed by atoms with Crippen molar-refractivity contribution in [2.24, 2.45) is 0 Å². The number of alkyl halides is 3. The highest BCUT2D eigenvalue weighted by atomic mass is 19.4. The molecule has 0 heterocycles. The summed E-state index contributed by atoms with van der Waals surface area (Å²) in [5.74, 6) is -2.27. The standard InChI is InChI=1S/C24H23F6NO/c1-4-19(31-23(32)14-17(3)21(26)11-7-8-12-25)15-22(27)16(2)13-18-9-5-6-10-20(18)24(28,29)30/h4-12,15H,2,13-14H2,1,3H3,(H,31,32). The number of carbonyl (C=O) groups excluding carboxylic acids is 1. The quantitative estimate of drug-likeness (QED) is 0.306. The van der Waals surface area contributed by atoms with Gasteiger partial charge in [-0.2, -0.15) is 13.2 Å². The lowest BCUT2D eigenvalue weighted by molar-refractivity contribution is -0.138. The largest absolute Gasteiger partial charge is 0.416 e. The van der Waals surface area contributed by atoms with Crippen LogP contribution < -0.4 is 5.32 Å². The van der Waals surface area contributed by atoms with Crippen LogP contribution in [0.3, 0.4) is 0 Å². The van der Waals surface area contributed by atoms with Crippen LogP contribution in [0.5, 0.6) is 0 Å². The van der Waals surface area contributed by atoms with Crippen molar-refractivity contribution in [3.8, 4) is 0 Å². The molecule has 1 aromatic carbocycles. The summed E-state index contributed by atoms with van der Waals surface area (Å²) in [6.45, 7) is 6.37. The highest BCUT2D eigenvalue weighted by Crippen LogP contribution is 2.33. The summed E-state index contributed by atoms with van der Waals surface area (Å²) in [5.41, 5.74) is -1.12. The lowest BCUT2D eigenvalue weighted by Crippen LogP contribution is -2.22. The Morgan fingerprint density at radius 2 is 1.81 bits per heavy atom. The molecule has 8 heteroatoms. The van der Waals surface area contributed by atoms with Crippen LogP contribution in [0.25, 0.3) is 0 Å². The van der Waals surface area contributed by atoms with Gasteiger partial charge in [0.2, 0.25) is 5.91 Å². The van der Waals surface area contributed by atoms with Crippen LogP contribution in [0, 0.1) is 0 Å². The lowest BCUT2D eigenvalue weighted by Gasteiger charge is -2.13. The van der Waals surface area contributed by atoms with E-state index in [4.69, 9.17) is 0 Å². The Morgan fingerprint density at radius 1 is 1.16 bits per heavy atom. The van der Waals surface area contributed by atoms with Crippen molar-refractivity contribution < 1.29 is 31.1 Å². The molecule has 0 saturated carbocycles. The zero-order chi connectivity index (χ0) is 24.3. The summed E-state index contributed by atoms with van der Waals surface area (Å²) < 4.78 is 79.5. The monoisotopic (exact) mass is 455 g/mol. The summed E-state index contributed by atoms with van der Waals surface area (Å²) in [6, 6.07) is 4.79. The predicted octanol–water partition coefficient (Wildman–Crippen LogP) is 7.35. The van der Waals surface area contributed by atoms with Gasteiger partial charge >= 0.3 is 6.18 Å². The highest BCUT2D eigenvalue weighted by Gasteiger charge is 2.33. The van der Waals surface area contributed by atoms with E-state index in [0.29, 0.717) is 0 Å². The Kier molecular flexibility index (Phi) is 10.5. The summed E-state index contributed by atoms with van der Waals surface area (Å²) in [6.07, 6.45) is 0.286. The predicted molar refractivity (Wildman–Crippen MR) is 113 cm³/mol. The second-order valence-electron chi connectivity index (χ2n) is 6.70. The normalized spacial score (nSPS) is 14.1. The number of benzene rings is 1. The van der Waals surface area contributed by atoms with E-state index >= 15 is 0 Å². The molecule has 0 bridgehead atoms. The fraction of sp³-hybridized carbons (Fsp3) is 0.208. The van der Waals surface area contributed by atoms with Crippen LogP contribution in [-0.2, 0) is 17.4 Å². The van der Waals surface area contributed by atoms with Gasteiger partial charge in [0, 0.05) is 12.1 Å². The van der Waals surface area contributed by atoms with Gasteiger partial charge in [-0.05, 0) is 54.9 Å². The Bertz CT molecular complexity index is 980. The fourth-order valence-corrected chi connectivity index (χ4v) is 2.55. The first-order valence-corrected chi connectivity index (χ1v) is 9.44. The van der Waals surface area contributed by atoms with Crippen LogP contribution in [0.1, 0.15) is 31.4 Å². The van der Waals surface area contributed by atoms with Crippen molar-refractivity contribution in [2.75, 3.05) is 0 Å². The zero-order valence-corrected chi connectivity index (χ0v) is 17.6. The van der Waals surface area contributed by atoms with E-state index in [2.05, 4.69) is 11.9 Å². The molecular formula is C24H23F6NO. The number of halogens is 6. The molecule has 0 radical (unpaired) electrons. The van der Waals surface area contributed by atoms with Crippen LogP contribution in [-0.4, -0.2) is 5.91 Å². The summed E-state index contributed by atoms with van der Waals surface area (Å²) in [5, 5.41) is 2.39. The molecule has 172 valence electrons. The first-order chi connectivity index (χ1) is 15.0. The Hall–Kier alpha value is -3.29. The minimum atomic E-state index is -4.59. The maximum atomic E-state index is 14.5. The molecule has 1 rings (SSSR count). The second kappa shape index (κ2) is 12.5. The molecule has 0 aliphatic rings. The number of rotatable bonds is 9. The molecule has 0 aromatic heterocycles. The SMILES string of the molecule is C=C(Cc1ccccc1C(F)(F)F)C(F)=CC(=CC)NC(=O)CC(C)=C(F)C=CC=CF. The molecule has 1 amide bonds. The smallest absolute Gasteiger partial charge is 0.326 e. The number of carbonyl (C=O) groups is 1. The first-order valence-electron chi connectivity index (χ1n) is 9.44. The zero-order valence-electron chi connectivity index (χ0n) is 17.6. The Morgan fingerprint density at radius 3 is 2.41 bits per heavy atom. The minimum Gasteiger partial charge on any atom is -0.326 e. The number of nitrogens with one attached hydrogen (secondary N) is 1. The van der Waals surface area contributed by atoms with E-state index in [1.165, 1.54) is 38.1 Å². The van der Waals surface area contributed by atoms with Crippen molar-refractivity contribution >= 4 is 5.91 Å². The Labute approximate surface area is 183 Å². The molecule has 0 fully saturated rings. The number of hydrogen-bond donors (Lipinski definition) is 1. The third-order valence-corrected chi connectivity index (χ3v) is 4.20. The van der Waals surface area contributed by atoms with E-state index in [-0.39, 0.29) is 41.6 Å². The van der Waals surface area contributed by atoms with Gasteiger partial charge in [-0.25, -0.2) is 13.2 Å². The molecule has 0 saturated heterocycles. The molecule has 0 aliphatic heterocycles. The van der Waals surface area contributed by atoms with Crippen molar-refractivity contribution in [3.05, 3.63) is 107 Å². The first kappa shape index (κ1) is 26.7. The third kappa shape index (κ3) is 8.83. The van der Waals surface area contributed by atoms with Crippen LogP contribution in [0.4, 0.5) is 26.3 Å². The van der Waals surface area contributed by atoms with Gasteiger partial charge in [0.1, 0.15) is 11.7 Å². The van der Waals surface area contributed by atoms with Crippen molar-refractivity contribution in [1.29, 1.82) is 0 Å². The van der Waals surface area contributed by atoms with Gasteiger partial charge in [0.05, 0.1) is 18.3 Å². The average Bonchev–Trinajstić information content (AvgIpc) is 2.72. The Balaban J connectivity index is 2.88. The highest BCUT2D eigenvalue weighted by molar-refractivity contribution is 5.80. The minimum absolute atomic E-state index is 0.0295. The molecule has 1 aromatic rings. The van der Waals surface area contributed by atoms with Crippen molar-refractivity contribution in [2.45, 2.75) is 32.9 Å². The molecule has 0 spiro atoms. The van der Waals surface area contributed by atoms with E-state index in [9.17, 15) is 31.1 Å². The van der Waals surface area contributed by atoms with Crippen molar-refractivity contribution in [1.82, 2.24) is 5.32 Å².